The average molecular weight is 393 g/mol. The van der Waals surface area contributed by atoms with Crippen LogP contribution in [-0.4, -0.2) is 40.4 Å². The van der Waals surface area contributed by atoms with Gasteiger partial charge in [-0.05, 0) is 57.4 Å². The second-order valence-corrected chi connectivity index (χ2v) is 8.33. The van der Waals surface area contributed by atoms with Gasteiger partial charge in [-0.25, -0.2) is 17.5 Å². The van der Waals surface area contributed by atoms with Crippen molar-refractivity contribution in [2.75, 3.05) is 26.5 Å². The van der Waals surface area contributed by atoms with Crippen LogP contribution in [0.2, 0.25) is 0 Å². The monoisotopic (exact) mass is 393 g/mol. The Morgan fingerprint density at radius 1 is 1.11 bits per heavy atom. The van der Waals surface area contributed by atoms with Crippen molar-refractivity contribution in [1.82, 2.24) is 9.62 Å². The summed E-state index contributed by atoms with van der Waals surface area (Å²) < 4.78 is 39.7. The van der Waals surface area contributed by atoms with Crippen LogP contribution in [-0.2, 0) is 27.8 Å². The van der Waals surface area contributed by atoms with E-state index >= 15 is 0 Å². The van der Waals surface area contributed by atoms with E-state index in [-0.39, 0.29) is 23.0 Å². The number of carbonyl (C=O) groups excluding carboxylic acids is 1. The van der Waals surface area contributed by atoms with Crippen LogP contribution in [0.3, 0.4) is 0 Å². The number of hydrogen-bond acceptors (Lipinski definition) is 4. The van der Waals surface area contributed by atoms with Crippen LogP contribution in [0.4, 0.5) is 10.1 Å². The Morgan fingerprint density at radius 3 is 2.33 bits per heavy atom. The van der Waals surface area contributed by atoms with Crippen LogP contribution < -0.4 is 10.0 Å². The molecule has 146 valence electrons. The van der Waals surface area contributed by atoms with Gasteiger partial charge in [0.15, 0.2) is 0 Å². The summed E-state index contributed by atoms with van der Waals surface area (Å²) in [5.41, 5.74) is 1.82. The van der Waals surface area contributed by atoms with E-state index in [4.69, 9.17) is 0 Å². The van der Waals surface area contributed by atoms with Crippen LogP contribution in [0.5, 0.6) is 0 Å². The smallest absolute Gasteiger partial charge is 0.240 e. The summed E-state index contributed by atoms with van der Waals surface area (Å²) in [5.74, 6) is -0.593. The van der Waals surface area contributed by atoms with Crippen LogP contribution in [0.25, 0.3) is 0 Å². The van der Waals surface area contributed by atoms with Gasteiger partial charge in [-0.15, -0.1) is 0 Å². The van der Waals surface area contributed by atoms with Crippen molar-refractivity contribution in [3.8, 4) is 0 Å². The molecular formula is C19H24FN3O3S. The van der Waals surface area contributed by atoms with Gasteiger partial charge in [-0.3, -0.25) is 4.79 Å². The van der Waals surface area contributed by atoms with E-state index in [9.17, 15) is 17.6 Å². The Hall–Kier alpha value is -2.29. The van der Waals surface area contributed by atoms with E-state index in [0.29, 0.717) is 24.2 Å². The number of carbonyl (C=O) groups is 1. The Morgan fingerprint density at radius 2 is 1.78 bits per heavy atom. The second-order valence-electron chi connectivity index (χ2n) is 6.44. The van der Waals surface area contributed by atoms with E-state index in [1.165, 1.54) is 25.2 Å². The first-order valence-corrected chi connectivity index (χ1v) is 9.95. The van der Waals surface area contributed by atoms with Crippen LogP contribution in [0, 0.1) is 5.82 Å². The third kappa shape index (κ3) is 6.13. The standard InChI is InChI=1S/C19H24FN3O3S/c1-21-27(25,26)17-9-4-14(5-10-17)6-11-19(24)22-16-8-7-15(13-23(2)3)18(20)12-16/h4-5,7-10,12,21H,6,11,13H2,1-3H3,(H,22,24). The van der Waals surface area contributed by atoms with Crippen LogP contribution in [0.1, 0.15) is 17.5 Å². The van der Waals surface area contributed by atoms with Crippen molar-refractivity contribution >= 4 is 21.6 Å². The molecule has 0 radical (unpaired) electrons. The number of halogens is 1. The van der Waals surface area contributed by atoms with Gasteiger partial charge >= 0.3 is 0 Å². The van der Waals surface area contributed by atoms with E-state index in [2.05, 4.69) is 10.0 Å². The second kappa shape index (κ2) is 9.07. The van der Waals surface area contributed by atoms with E-state index in [0.717, 1.165) is 5.56 Å². The summed E-state index contributed by atoms with van der Waals surface area (Å²) in [7, 11) is 1.59. The number of benzene rings is 2. The Bertz CT molecular complexity index is 897. The number of amides is 1. The lowest BCUT2D eigenvalue weighted by Gasteiger charge is -2.12. The zero-order valence-corrected chi connectivity index (χ0v) is 16.4. The summed E-state index contributed by atoms with van der Waals surface area (Å²) >= 11 is 0. The fourth-order valence-electron chi connectivity index (χ4n) is 2.53. The summed E-state index contributed by atoms with van der Waals surface area (Å²) in [6.45, 7) is 0.485. The molecule has 0 heterocycles. The number of aryl methyl sites for hydroxylation is 1. The molecule has 0 aliphatic carbocycles. The van der Waals surface area contributed by atoms with Crippen LogP contribution >= 0.6 is 0 Å². The lowest BCUT2D eigenvalue weighted by atomic mass is 10.1. The lowest BCUT2D eigenvalue weighted by molar-refractivity contribution is -0.116. The maximum Gasteiger partial charge on any atom is 0.240 e. The molecule has 0 unspecified atom stereocenters. The zero-order chi connectivity index (χ0) is 20.0. The highest BCUT2D eigenvalue weighted by Gasteiger charge is 2.11. The Kier molecular flexibility index (Phi) is 7.06. The van der Waals surface area contributed by atoms with Gasteiger partial charge in [0.25, 0.3) is 0 Å². The number of nitrogens with zero attached hydrogens (tertiary/aromatic N) is 1. The van der Waals surface area contributed by atoms with Crippen molar-refractivity contribution < 1.29 is 17.6 Å². The summed E-state index contributed by atoms with van der Waals surface area (Å²) in [6.07, 6.45) is 0.659. The normalized spacial score (nSPS) is 11.6. The molecule has 27 heavy (non-hydrogen) atoms. The molecule has 0 saturated carbocycles. The first-order valence-electron chi connectivity index (χ1n) is 8.47. The maximum atomic E-state index is 14.0. The highest BCUT2D eigenvalue weighted by Crippen LogP contribution is 2.17. The fraction of sp³-hybridized carbons (Fsp3) is 0.316. The topological polar surface area (TPSA) is 78.5 Å². The zero-order valence-electron chi connectivity index (χ0n) is 15.6. The Balaban J connectivity index is 1.92. The molecule has 0 bridgehead atoms. The molecule has 0 aromatic heterocycles. The molecule has 0 atom stereocenters. The molecule has 2 aromatic carbocycles. The number of nitrogens with one attached hydrogen (secondary N) is 2. The van der Waals surface area contributed by atoms with E-state index in [1.54, 1.807) is 24.3 Å². The first kappa shape index (κ1) is 21.0. The van der Waals surface area contributed by atoms with Crippen molar-refractivity contribution in [2.45, 2.75) is 24.3 Å². The third-order valence-electron chi connectivity index (χ3n) is 3.97. The van der Waals surface area contributed by atoms with E-state index < -0.39 is 10.0 Å². The van der Waals surface area contributed by atoms with Gasteiger partial charge in [-0.1, -0.05) is 18.2 Å². The first-order chi connectivity index (χ1) is 12.7. The minimum atomic E-state index is -3.47. The van der Waals surface area contributed by atoms with Gasteiger partial charge in [-0.2, -0.15) is 0 Å². The highest BCUT2D eigenvalue weighted by atomic mass is 32.2. The molecule has 2 aromatic rings. The minimum Gasteiger partial charge on any atom is -0.326 e. The fourth-order valence-corrected chi connectivity index (χ4v) is 3.26. The SMILES string of the molecule is CNS(=O)(=O)c1ccc(CCC(=O)Nc2ccc(CN(C)C)c(F)c2)cc1. The van der Waals surface area contributed by atoms with Crippen molar-refractivity contribution in [2.24, 2.45) is 0 Å². The van der Waals surface area contributed by atoms with Gasteiger partial charge in [0.1, 0.15) is 5.82 Å². The molecule has 2 rings (SSSR count). The predicted octanol–water partition coefficient (Wildman–Crippen LogP) is 2.37. The molecule has 0 aliphatic rings. The summed E-state index contributed by atoms with van der Waals surface area (Å²) in [6, 6.07) is 11.0. The van der Waals surface area contributed by atoms with E-state index in [1.807, 2.05) is 19.0 Å². The molecule has 0 fully saturated rings. The van der Waals surface area contributed by atoms with Crippen LogP contribution in [0.15, 0.2) is 47.4 Å². The number of hydrogen-bond donors (Lipinski definition) is 2. The summed E-state index contributed by atoms with van der Waals surface area (Å²) in [5, 5.41) is 2.68. The van der Waals surface area contributed by atoms with Gasteiger partial charge < -0.3 is 10.2 Å². The largest absolute Gasteiger partial charge is 0.326 e. The van der Waals surface area contributed by atoms with Crippen molar-refractivity contribution in [3.05, 3.63) is 59.4 Å². The Labute approximate surface area is 159 Å². The van der Waals surface area contributed by atoms with Gasteiger partial charge in [0.05, 0.1) is 4.90 Å². The van der Waals surface area contributed by atoms with Crippen molar-refractivity contribution in [3.63, 3.8) is 0 Å². The molecule has 0 spiro atoms. The maximum absolute atomic E-state index is 14.0. The van der Waals surface area contributed by atoms with Crippen molar-refractivity contribution in [1.29, 1.82) is 0 Å². The average Bonchev–Trinajstić information content (AvgIpc) is 2.62. The molecule has 8 heteroatoms. The number of anilines is 1. The van der Waals surface area contributed by atoms with Gasteiger partial charge in [0, 0.05) is 24.2 Å². The number of sulfonamides is 1. The van der Waals surface area contributed by atoms with Gasteiger partial charge in [0.2, 0.25) is 15.9 Å². The highest BCUT2D eigenvalue weighted by molar-refractivity contribution is 7.89. The third-order valence-corrected chi connectivity index (χ3v) is 5.40. The molecule has 0 aliphatic heterocycles. The molecule has 0 saturated heterocycles. The molecular weight excluding hydrogens is 369 g/mol. The molecule has 6 nitrogen and oxygen atoms in total. The predicted molar refractivity (Wildman–Crippen MR) is 103 cm³/mol. The molecule has 1 amide bonds. The minimum absolute atomic E-state index is 0.173. The number of rotatable bonds is 8. The molecule has 2 N–H and O–H groups in total. The lowest BCUT2D eigenvalue weighted by Crippen LogP contribution is -2.18. The quantitative estimate of drug-likeness (QED) is 0.722. The summed E-state index contributed by atoms with van der Waals surface area (Å²) in [4.78, 5) is 14.1.